The van der Waals surface area contributed by atoms with Gasteiger partial charge in [-0.1, -0.05) is 42.5 Å². The molecule has 128 valence electrons. The number of hydrogen-bond acceptors (Lipinski definition) is 3. The van der Waals surface area contributed by atoms with E-state index in [2.05, 4.69) is 10.3 Å². The number of benzene rings is 2. The highest BCUT2D eigenvalue weighted by Crippen LogP contribution is 2.37. The van der Waals surface area contributed by atoms with Crippen molar-refractivity contribution >= 4 is 22.6 Å². The van der Waals surface area contributed by atoms with E-state index in [1.165, 1.54) is 24.4 Å². The summed E-state index contributed by atoms with van der Waals surface area (Å²) in [5.74, 6) is 0. The molecule has 0 radical (unpaired) electrons. The van der Waals surface area contributed by atoms with Crippen molar-refractivity contribution in [2.75, 3.05) is 5.32 Å². The van der Waals surface area contributed by atoms with E-state index in [9.17, 15) is 18.0 Å². The number of amides is 1. The van der Waals surface area contributed by atoms with E-state index in [4.69, 9.17) is 4.74 Å². The third-order valence-electron chi connectivity index (χ3n) is 3.54. The zero-order chi connectivity index (χ0) is 17.9. The average Bonchev–Trinajstić information content (AvgIpc) is 2.60. The number of pyridine rings is 1. The van der Waals surface area contributed by atoms with Crippen molar-refractivity contribution in [3.8, 4) is 0 Å². The summed E-state index contributed by atoms with van der Waals surface area (Å²) in [6.07, 6.45) is -3.37. The average molecular weight is 346 g/mol. The minimum absolute atomic E-state index is 0.0188. The van der Waals surface area contributed by atoms with Gasteiger partial charge in [-0.25, -0.2) is 4.79 Å². The predicted molar refractivity (Wildman–Crippen MR) is 87.0 cm³/mol. The van der Waals surface area contributed by atoms with Crippen LogP contribution in [0, 0.1) is 0 Å². The second-order valence-electron chi connectivity index (χ2n) is 5.28. The molecule has 0 fully saturated rings. The number of aromatic nitrogens is 1. The summed E-state index contributed by atoms with van der Waals surface area (Å²) in [6, 6.07) is 13.4. The van der Waals surface area contributed by atoms with Gasteiger partial charge in [-0.05, 0) is 11.6 Å². The van der Waals surface area contributed by atoms with Crippen molar-refractivity contribution in [2.24, 2.45) is 0 Å². The summed E-state index contributed by atoms with van der Waals surface area (Å²) >= 11 is 0. The smallest absolute Gasteiger partial charge is 0.418 e. The molecule has 0 saturated heterocycles. The summed E-state index contributed by atoms with van der Waals surface area (Å²) in [5, 5.41) is 2.53. The van der Waals surface area contributed by atoms with Crippen LogP contribution in [-0.2, 0) is 17.5 Å². The summed E-state index contributed by atoms with van der Waals surface area (Å²) < 4.78 is 44.7. The van der Waals surface area contributed by atoms with Gasteiger partial charge in [-0.15, -0.1) is 0 Å². The Bertz CT molecular complexity index is 890. The number of ether oxygens (including phenoxy) is 1. The van der Waals surface area contributed by atoms with Crippen molar-refractivity contribution in [2.45, 2.75) is 12.8 Å². The van der Waals surface area contributed by atoms with Crippen molar-refractivity contribution in [1.29, 1.82) is 0 Å². The Hall–Kier alpha value is -3.09. The normalized spacial score (nSPS) is 11.3. The van der Waals surface area contributed by atoms with Crippen LogP contribution in [0.15, 0.2) is 60.9 Å². The van der Waals surface area contributed by atoms with Crippen LogP contribution in [0.4, 0.5) is 23.7 Å². The Morgan fingerprint density at radius 2 is 1.80 bits per heavy atom. The molecule has 0 unspecified atom stereocenters. The number of alkyl halides is 3. The van der Waals surface area contributed by atoms with Crippen LogP contribution in [0.5, 0.6) is 0 Å². The van der Waals surface area contributed by atoms with E-state index >= 15 is 0 Å². The Labute approximate surface area is 141 Å². The zero-order valence-corrected chi connectivity index (χ0v) is 12.9. The number of hydrogen-bond donors (Lipinski definition) is 1. The van der Waals surface area contributed by atoms with Gasteiger partial charge in [0.2, 0.25) is 0 Å². The van der Waals surface area contributed by atoms with Gasteiger partial charge in [0.15, 0.2) is 0 Å². The van der Waals surface area contributed by atoms with Gasteiger partial charge in [0, 0.05) is 23.2 Å². The van der Waals surface area contributed by atoms with Crippen molar-refractivity contribution in [3.63, 3.8) is 0 Å². The molecule has 1 N–H and O–H groups in total. The van der Waals surface area contributed by atoms with E-state index < -0.39 is 17.8 Å². The van der Waals surface area contributed by atoms with Crippen LogP contribution in [0.3, 0.4) is 0 Å². The van der Waals surface area contributed by atoms with E-state index in [1.54, 1.807) is 24.3 Å². The summed E-state index contributed by atoms with van der Waals surface area (Å²) in [6.45, 7) is 0.0190. The molecule has 0 aliphatic heterocycles. The molecule has 25 heavy (non-hydrogen) atoms. The van der Waals surface area contributed by atoms with Gasteiger partial charge in [-0.3, -0.25) is 10.3 Å². The van der Waals surface area contributed by atoms with Crippen LogP contribution in [0.2, 0.25) is 0 Å². The van der Waals surface area contributed by atoms with E-state index in [1.807, 2.05) is 6.07 Å². The molecule has 3 aromatic rings. The first-order valence-electron chi connectivity index (χ1n) is 7.37. The number of anilines is 1. The van der Waals surface area contributed by atoms with Crippen LogP contribution in [-0.4, -0.2) is 11.1 Å². The second-order valence-corrected chi connectivity index (χ2v) is 5.28. The van der Waals surface area contributed by atoms with Gasteiger partial charge < -0.3 is 4.74 Å². The first kappa shape index (κ1) is 16.8. The van der Waals surface area contributed by atoms with Gasteiger partial charge in [0.05, 0.1) is 11.3 Å². The third kappa shape index (κ3) is 3.88. The molecular formula is C18H13F3N2O2. The van der Waals surface area contributed by atoms with E-state index in [0.717, 1.165) is 11.8 Å². The molecule has 3 rings (SSSR count). The number of rotatable bonds is 3. The highest BCUT2D eigenvalue weighted by Gasteiger charge is 2.34. The SMILES string of the molecule is O=C(Nc1cccc2cncc(C(F)(F)F)c12)OCc1ccccc1. The summed E-state index contributed by atoms with van der Waals surface area (Å²) in [5.41, 5.74) is -0.120. The van der Waals surface area contributed by atoms with Crippen molar-refractivity contribution in [3.05, 3.63) is 72.1 Å². The van der Waals surface area contributed by atoms with Crippen LogP contribution in [0.25, 0.3) is 10.8 Å². The number of nitrogens with zero attached hydrogens (tertiary/aromatic N) is 1. The lowest BCUT2D eigenvalue weighted by Gasteiger charge is -2.14. The number of carbonyl (C=O) groups excluding carboxylic acids is 1. The number of carbonyl (C=O) groups is 1. The first-order chi connectivity index (χ1) is 11.9. The topological polar surface area (TPSA) is 51.2 Å². The minimum atomic E-state index is -4.59. The van der Waals surface area contributed by atoms with E-state index in [-0.39, 0.29) is 23.1 Å². The van der Waals surface area contributed by atoms with E-state index in [0.29, 0.717) is 0 Å². The fourth-order valence-corrected chi connectivity index (χ4v) is 2.42. The lowest BCUT2D eigenvalue weighted by Crippen LogP contribution is -2.15. The van der Waals surface area contributed by atoms with Gasteiger partial charge in [-0.2, -0.15) is 13.2 Å². The molecule has 1 heterocycles. The summed E-state index contributed by atoms with van der Waals surface area (Å²) in [7, 11) is 0. The first-order valence-corrected chi connectivity index (χ1v) is 7.37. The fourth-order valence-electron chi connectivity index (χ4n) is 2.42. The maximum absolute atomic E-state index is 13.2. The molecule has 2 aromatic carbocycles. The van der Waals surface area contributed by atoms with Crippen LogP contribution >= 0.6 is 0 Å². The lowest BCUT2D eigenvalue weighted by atomic mass is 10.1. The van der Waals surface area contributed by atoms with Crippen LogP contribution < -0.4 is 5.32 Å². The quantitative estimate of drug-likeness (QED) is 0.726. The molecule has 0 spiro atoms. The molecule has 0 aliphatic carbocycles. The Morgan fingerprint density at radius 1 is 1.04 bits per heavy atom. The molecule has 7 heteroatoms. The molecule has 0 aliphatic rings. The lowest BCUT2D eigenvalue weighted by molar-refractivity contribution is -0.136. The molecule has 0 saturated carbocycles. The molecular weight excluding hydrogens is 333 g/mol. The monoisotopic (exact) mass is 346 g/mol. The predicted octanol–water partition coefficient (Wildman–Crippen LogP) is 5.00. The Kier molecular flexibility index (Phi) is 4.56. The largest absolute Gasteiger partial charge is 0.444 e. The zero-order valence-electron chi connectivity index (χ0n) is 12.9. The highest BCUT2D eigenvalue weighted by molar-refractivity contribution is 6.01. The molecule has 4 nitrogen and oxygen atoms in total. The molecule has 0 atom stereocenters. The number of nitrogens with one attached hydrogen (secondary N) is 1. The fraction of sp³-hybridized carbons (Fsp3) is 0.111. The van der Waals surface area contributed by atoms with Crippen molar-refractivity contribution in [1.82, 2.24) is 4.98 Å². The molecule has 1 aromatic heterocycles. The van der Waals surface area contributed by atoms with Crippen molar-refractivity contribution < 1.29 is 22.7 Å². The highest BCUT2D eigenvalue weighted by atomic mass is 19.4. The Balaban J connectivity index is 1.85. The Morgan fingerprint density at radius 3 is 2.52 bits per heavy atom. The second kappa shape index (κ2) is 6.80. The van der Waals surface area contributed by atoms with Gasteiger partial charge in [0.25, 0.3) is 0 Å². The summed E-state index contributed by atoms with van der Waals surface area (Å²) in [4.78, 5) is 15.6. The van der Waals surface area contributed by atoms with Gasteiger partial charge >= 0.3 is 12.3 Å². The third-order valence-corrected chi connectivity index (χ3v) is 3.54. The molecule has 0 bridgehead atoms. The maximum atomic E-state index is 13.2. The minimum Gasteiger partial charge on any atom is -0.444 e. The number of fused-ring (bicyclic) bond motifs is 1. The maximum Gasteiger partial charge on any atom is 0.418 e. The van der Waals surface area contributed by atoms with Gasteiger partial charge in [0.1, 0.15) is 6.61 Å². The number of halogens is 3. The standard InChI is InChI=1S/C18H13F3N2O2/c19-18(20,21)14-10-22-9-13-7-4-8-15(16(13)14)23-17(24)25-11-12-5-2-1-3-6-12/h1-10H,11H2,(H,23,24). The molecule has 1 amide bonds. The van der Waals surface area contributed by atoms with Crippen LogP contribution in [0.1, 0.15) is 11.1 Å².